The predicted molar refractivity (Wildman–Crippen MR) is 67.1 cm³/mol. The highest BCUT2D eigenvalue weighted by Gasteiger charge is 2.38. The molecular weight excluding hydrogens is 280 g/mol. The maximum atomic E-state index is 9.95. The van der Waals surface area contributed by atoms with Gasteiger partial charge in [0.2, 0.25) is 0 Å². The second-order valence-electron chi connectivity index (χ2n) is 4.29. The monoisotopic (exact) mass is 292 g/mol. The quantitative estimate of drug-likeness (QED) is 0.473. The fraction of sp³-hybridized carbons (Fsp3) is 0.545. The van der Waals surface area contributed by atoms with E-state index < -0.39 is 31.0 Å². The summed E-state index contributed by atoms with van der Waals surface area (Å²) < 4.78 is 5.19. The topological polar surface area (TPSA) is 149 Å². The van der Waals surface area contributed by atoms with Gasteiger partial charge in [-0.2, -0.15) is 10.2 Å². The first-order chi connectivity index (χ1) is 10.1. The average molecular weight is 292 g/mol. The van der Waals surface area contributed by atoms with Gasteiger partial charge in [0.05, 0.1) is 19.3 Å². The van der Waals surface area contributed by atoms with E-state index >= 15 is 0 Å². The zero-order valence-electron chi connectivity index (χ0n) is 10.7. The Labute approximate surface area is 119 Å². The molecule has 0 aliphatic carbocycles. The molecule has 0 spiro atoms. The van der Waals surface area contributed by atoms with Gasteiger partial charge in [0, 0.05) is 0 Å². The van der Waals surface area contributed by atoms with Crippen LogP contribution in [0.25, 0.3) is 4.85 Å². The number of nitrogens with zero attached hydrogens (tertiary/aromatic N) is 5. The Morgan fingerprint density at radius 2 is 2.14 bits per heavy atom. The van der Waals surface area contributed by atoms with Gasteiger partial charge < -0.3 is 30.2 Å². The number of hydrogen-bond donors (Lipinski definition) is 4. The highest BCUT2D eigenvalue weighted by molar-refractivity contribution is 5.38. The first kappa shape index (κ1) is 15.0. The summed E-state index contributed by atoms with van der Waals surface area (Å²) in [4.78, 5) is 14.1. The molecule has 10 nitrogen and oxygen atoms in total. The third-order valence-corrected chi connectivity index (χ3v) is 2.95. The van der Waals surface area contributed by atoms with Crippen LogP contribution in [0.5, 0.6) is 0 Å². The van der Waals surface area contributed by atoms with Crippen LogP contribution in [0.1, 0.15) is 5.82 Å². The second-order valence-corrected chi connectivity index (χ2v) is 4.29. The molecular formula is C11H12N6O4. The number of nitrogens with one attached hydrogen (secondary N) is 1. The lowest BCUT2D eigenvalue weighted by Crippen LogP contribution is -2.56. The van der Waals surface area contributed by atoms with Crippen LogP contribution in [0, 0.1) is 17.9 Å². The smallest absolute Gasteiger partial charge is 0.377 e. The predicted octanol–water partition coefficient (Wildman–Crippen LogP) is -1.81. The molecule has 110 valence electrons. The van der Waals surface area contributed by atoms with Crippen LogP contribution in [0.3, 0.4) is 0 Å². The van der Waals surface area contributed by atoms with E-state index in [0.717, 1.165) is 0 Å². The molecule has 0 bridgehead atoms. The molecule has 1 aromatic rings. The number of aromatic nitrogens is 3. The molecule has 2 heterocycles. The molecule has 4 N–H and O–H groups in total. The van der Waals surface area contributed by atoms with Crippen LogP contribution in [-0.2, 0) is 4.74 Å². The normalized spacial score (nSPS) is 28.4. The third kappa shape index (κ3) is 3.21. The van der Waals surface area contributed by atoms with E-state index in [0.29, 0.717) is 0 Å². The summed E-state index contributed by atoms with van der Waals surface area (Å²) in [5.74, 6) is -0.572. The van der Waals surface area contributed by atoms with E-state index in [-0.39, 0.29) is 24.3 Å². The van der Waals surface area contributed by atoms with Gasteiger partial charge in [-0.05, 0) is 0 Å². The number of hydrogen-bond acceptors (Lipinski definition) is 9. The Morgan fingerprint density at radius 3 is 2.76 bits per heavy atom. The fourth-order valence-electron chi connectivity index (χ4n) is 1.87. The van der Waals surface area contributed by atoms with Crippen molar-refractivity contribution in [3.8, 4) is 6.07 Å². The fourth-order valence-corrected chi connectivity index (χ4v) is 1.87. The molecule has 2 rings (SSSR count). The molecule has 0 radical (unpaired) electrons. The van der Waals surface area contributed by atoms with Crippen LogP contribution in [0.4, 0.5) is 11.9 Å². The first-order valence-corrected chi connectivity index (χ1v) is 5.97. The molecule has 0 amide bonds. The van der Waals surface area contributed by atoms with Crippen molar-refractivity contribution in [1.29, 1.82) is 5.26 Å². The summed E-state index contributed by atoms with van der Waals surface area (Å²) >= 11 is 0. The summed E-state index contributed by atoms with van der Waals surface area (Å²) in [7, 11) is 0. The van der Waals surface area contributed by atoms with E-state index in [1.807, 2.05) is 0 Å². The van der Waals surface area contributed by atoms with Gasteiger partial charge >= 0.3 is 5.95 Å². The SMILES string of the molecule is [C-]#[N+]c1nc(C#N)nc(N[C@H]2CO[C@H](CO)[C@H](O)[C@@H]2O)n1. The Morgan fingerprint density at radius 1 is 1.38 bits per heavy atom. The molecule has 0 aromatic carbocycles. The highest BCUT2D eigenvalue weighted by Crippen LogP contribution is 2.18. The Hall–Kier alpha value is -2.37. The van der Waals surface area contributed by atoms with E-state index in [1.54, 1.807) is 6.07 Å². The molecule has 1 fully saturated rings. The van der Waals surface area contributed by atoms with Crippen molar-refractivity contribution in [3.05, 3.63) is 17.2 Å². The van der Waals surface area contributed by atoms with Gasteiger partial charge in [-0.15, -0.1) is 16.5 Å². The number of aliphatic hydroxyl groups is 3. The van der Waals surface area contributed by atoms with Crippen molar-refractivity contribution in [2.24, 2.45) is 0 Å². The lowest BCUT2D eigenvalue weighted by molar-refractivity contribution is -0.152. The van der Waals surface area contributed by atoms with Crippen molar-refractivity contribution in [3.63, 3.8) is 0 Å². The van der Waals surface area contributed by atoms with Crippen LogP contribution >= 0.6 is 0 Å². The molecule has 0 saturated carbocycles. The summed E-state index contributed by atoms with van der Waals surface area (Å²) in [6, 6.07) is 0.939. The maximum absolute atomic E-state index is 9.95. The van der Waals surface area contributed by atoms with E-state index in [4.69, 9.17) is 21.7 Å². The molecule has 10 heteroatoms. The zero-order chi connectivity index (χ0) is 15.4. The van der Waals surface area contributed by atoms with E-state index in [9.17, 15) is 10.2 Å². The second kappa shape index (κ2) is 6.39. The molecule has 1 saturated heterocycles. The minimum Gasteiger partial charge on any atom is -0.394 e. The van der Waals surface area contributed by atoms with Crippen LogP contribution < -0.4 is 5.32 Å². The zero-order valence-corrected chi connectivity index (χ0v) is 10.7. The molecule has 0 unspecified atom stereocenters. The largest absolute Gasteiger partial charge is 0.394 e. The van der Waals surface area contributed by atoms with Gasteiger partial charge in [0.1, 0.15) is 18.3 Å². The van der Waals surface area contributed by atoms with Crippen molar-refractivity contribution >= 4 is 11.9 Å². The van der Waals surface area contributed by atoms with Gasteiger partial charge in [-0.3, -0.25) is 0 Å². The molecule has 4 atom stereocenters. The Kier molecular flexibility index (Phi) is 4.57. The Balaban J connectivity index is 2.16. The highest BCUT2D eigenvalue weighted by atomic mass is 16.5. The van der Waals surface area contributed by atoms with Crippen molar-refractivity contribution in [1.82, 2.24) is 15.0 Å². The Bertz CT molecular complexity index is 565. The van der Waals surface area contributed by atoms with Gasteiger partial charge in [0.15, 0.2) is 6.07 Å². The van der Waals surface area contributed by atoms with Crippen LogP contribution in [0.15, 0.2) is 0 Å². The number of nitriles is 1. The van der Waals surface area contributed by atoms with Crippen molar-refractivity contribution in [2.75, 3.05) is 18.5 Å². The number of anilines is 1. The van der Waals surface area contributed by atoms with Crippen molar-refractivity contribution in [2.45, 2.75) is 24.4 Å². The number of rotatable bonds is 3. The first-order valence-electron chi connectivity index (χ1n) is 5.97. The lowest BCUT2D eigenvalue weighted by Gasteiger charge is -2.36. The van der Waals surface area contributed by atoms with E-state index in [1.165, 1.54) is 0 Å². The average Bonchev–Trinajstić information content (AvgIpc) is 2.51. The number of ether oxygens (including phenoxy) is 1. The summed E-state index contributed by atoms with van der Waals surface area (Å²) in [6.45, 7) is 6.42. The molecule has 1 aromatic heterocycles. The molecule has 1 aliphatic rings. The summed E-state index contributed by atoms with van der Waals surface area (Å²) in [5.41, 5.74) is 0. The minimum absolute atomic E-state index is 0.00955. The molecule has 1 aliphatic heterocycles. The van der Waals surface area contributed by atoms with E-state index in [2.05, 4.69) is 25.1 Å². The van der Waals surface area contributed by atoms with Crippen molar-refractivity contribution < 1.29 is 20.1 Å². The standard InChI is InChI=1S/C11H12N6O4/c1-13-10-15-7(2-12)16-11(17-10)14-5-4-21-6(3-18)9(20)8(5)19/h5-6,8-9,18-20H,3-4H2,(H,14,15,16,17)/t5-,6+,8+,9-/m0/s1. The van der Waals surface area contributed by atoms with Gasteiger partial charge in [-0.25, -0.2) is 0 Å². The van der Waals surface area contributed by atoms with Crippen LogP contribution in [0.2, 0.25) is 0 Å². The minimum atomic E-state index is -1.28. The van der Waals surface area contributed by atoms with Gasteiger partial charge in [-0.1, -0.05) is 0 Å². The van der Waals surface area contributed by atoms with Gasteiger partial charge in [0.25, 0.3) is 11.8 Å². The summed E-state index contributed by atoms with van der Waals surface area (Å²) in [6.07, 6.45) is -3.38. The maximum Gasteiger partial charge on any atom is 0.377 e. The third-order valence-electron chi connectivity index (χ3n) is 2.95. The lowest BCUT2D eigenvalue weighted by atomic mass is 9.98. The van der Waals surface area contributed by atoms with Crippen LogP contribution in [-0.4, -0.2) is 67.8 Å². The number of aliphatic hydroxyl groups excluding tert-OH is 3. The molecule has 21 heavy (non-hydrogen) atoms. The summed E-state index contributed by atoms with van der Waals surface area (Å²) in [5, 5.41) is 40.1.